The van der Waals surface area contributed by atoms with Crippen LogP contribution >= 0.6 is 23.2 Å². The van der Waals surface area contributed by atoms with Crippen molar-refractivity contribution in [2.45, 2.75) is 20.0 Å². The van der Waals surface area contributed by atoms with Gasteiger partial charge in [-0.05, 0) is 19.1 Å². The molecule has 0 radical (unpaired) electrons. The minimum Gasteiger partial charge on any atom is -0.345 e. The van der Waals surface area contributed by atoms with Crippen LogP contribution in [0.1, 0.15) is 23.1 Å². The fourth-order valence-corrected chi connectivity index (χ4v) is 1.95. The molecule has 2 heterocycles. The number of halogens is 2. The number of hydrogen-bond acceptors (Lipinski definition) is 4. The summed E-state index contributed by atoms with van der Waals surface area (Å²) in [6, 6.07) is 3.04. The van der Waals surface area contributed by atoms with E-state index in [-0.39, 0.29) is 28.3 Å². The van der Waals surface area contributed by atoms with Gasteiger partial charge in [0.25, 0.3) is 5.91 Å². The Hall–Kier alpha value is -1.66. The molecule has 1 N–H and O–H groups in total. The first-order valence-electron chi connectivity index (χ1n) is 5.58. The van der Waals surface area contributed by atoms with Crippen molar-refractivity contribution in [3.8, 4) is 0 Å². The van der Waals surface area contributed by atoms with Crippen LogP contribution in [0.4, 0.5) is 0 Å². The maximum Gasteiger partial charge on any atom is 0.254 e. The van der Waals surface area contributed by atoms with Gasteiger partial charge in [0.05, 0.1) is 12.1 Å². The number of rotatable bonds is 4. The highest BCUT2D eigenvalue weighted by molar-refractivity contribution is 6.34. The number of aryl methyl sites for hydroxylation is 1. The molecule has 19 heavy (non-hydrogen) atoms. The third-order valence-corrected chi connectivity index (χ3v) is 3.00. The topological polar surface area (TPSA) is 72.7 Å². The van der Waals surface area contributed by atoms with E-state index in [1.54, 1.807) is 6.33 Å². The van der Waals surface area contributed by atoms with Crippen molar-refractivity contribution < 1.29 is 4.79 Å². The number of hydrogen-bond donors (Lipinski definition) is 1. The molecular weight excluding hydrogens is 289 g/mol. The molecule has 0 bridgehead atoms. The van der Waals surface area contributed by atoms with Gasteiger partial charge in [-0.3, -0.25) is 4.79 Å². The smallest absolute Gasteiger partial charge is 0.254 e. The minimum atomic E-state index is -0.334. The summed E-state index contributed by atoms with van der Waals surface area (Å²) >= 11 is 11.5. The number of nitrogens with zero attached hydrogens (tertiary/aromatic N) is 4. The highest BCUT2D eigenvalue weighted by Crippen LogP contribution is 2.16. The van der Waals surface area contributed by atoms with Crippen LogP contribution in [0, 0.1) is 0 Å². The van der Waals surface area contributed by atoms with E-state index in [1.807, 2.05) is 11.5 Å². The standard InChI is InChI=1S/C11H11Cl2N5O/c1-2-18-6-15-17-9(18)5-14-11(19)7-3-4-8(12)16-10(7)13/h3-4,6H,2,5H2,1H3,(H,14,19). The number of carbonyl (C=O) groups is 1. The minimum absolute atomic E-state index is 0.0713. The lowest BCUT2D eigenvalue weighted by Crippen LogP contribution is -2.25. The van der Waals surface area contributed by atoms with Gasteiger partial charge in [-0.25, -0.2) is 4.98 Å². The van der Waals surface area contributed by atoms with Crippen LogP contribution in [0.2, 0.25) is 10.3 Å². The molecule has 0 aliphatic carbocycles. The predicted octanol–water partition coefficient (Wildman–Crippen LogP) is 1.93. The Kier molecular flexibility index (Phi) is 4.34. The molecule has 0 aromatic carbocycles. The molecule has 0 saturated heterocycles. The summed E-state index contributed by atoms with van der Waals surface area (Å²) in [6.07, 6.45) is 1.61. The second-order valence-corrected chi connectivity index (χ2v) is 4.43. The molecule has 2 aromatic rings. The van der Waals surface area contributed by atoms with Gasteiger partial charge in [0, 0.05) is 6.54 Å². The van der Waals surface area contributed by atoms with E-state index >= 15 is 0 Å². The maximum absolute atomic E-state index is 11.9. The Labute approximate surface area is 119 Å². The molecule has 2 aromatic heterocycles. The SMILES string of the molecule is CCn1cnnc1CNC(=O)c1ccc(Cl)nc1Cl. The van der Waals surface area contributed by atoms with Crippen LogP contribution in [0.3, 0.4) is 0 Å². The van der Waals surface area contributed by atoms with Gasteiger partial charge in [-0.2, -0.15) is 0 Å². The van der Waals surface area contributed by atoms with Crippen LogP contribution in [-0.4, -0.2) is 25.7 Å². The monoisotopic (exact) mass is 299 g/mol. The second kappa shape index (κ2) is 5.99. The van der Waals surface area contributed by atoms with Gasteiger partial charge in [0.2, 0.25) is 0 Å². The highest BCUT2D eigenvalue weighted by Gasteiger charge is 2.12. The number of pyridine rings is 1. The van der Waals surface area contributed by atoms with E-state index in [9.17, 15) is 4.79 Å². The largest absolute Gasteiger partial charge is 0.345 e. The zero-order valence-electron chi connectivity index (χ0n) is 10.1. The maximum atomic E-state index is 11.9. The molecule has 0 aliphatic rings. The van der Waals surface area contributed by atoms with E-state index in [0.717, 1.165) is 6.54 Å². The fraction of sp³-hybridized carbons (Fsp3) is 0.273. The van der Waals surface area contributed by atoms with E-state index in [4.69, 9.17) is 23.2 Å². The molecular formula is C11H11Cl2N5O. The van der Waals surface area contributed by atoms with E-state index < -0.39 is 0 Å². The molecule has 2 rings (SSSR count). The number of aromatic nitrogens is 4. The van der Waals surface area contributed by atoms with Crippen LogP contribution in [0.5, 0.6) is 0 Å². The van der Waals surface area contributed by atoms with Crippen molar-refractivity contribution in [1.29, 1.82) is 0 Å². The quantitative estimate of drug-likeness (QED) is 0.876. The van der Waals surface area contributed by atoms with Gasteiger partial charge in [0.1, 0.15) is 16.6 Å². The summed E-state index contributed by atoms with van der Waals surface area (Å²) in [5.74, 6) is 0.341. The Bertz CT molecular complexity index is 599. The number of carbonyl (C=O) groups excluding carboxylic acids is 1. The number of nitrogens with one attached hydrogen (secondary N) is 1. The first-order valence-corrected chi connectivity index (χ1v) is 6.34. The third-order valence-electron chi connectivity index (χ3n) is 2.50. The summed E-state index contributed by atoms with van der Waals surface area (Å²) in [7, 11) is 0. The number of amides is 1. The van der Waals surface area contributed by atoms with Gasteiger partial charge in [-0.1, -0.05) is 23.2 Å². The van der Waals surface area contributed by atoms with Crippen molar-refractivity contribution >= 4 is 29.1 Å². The van der Waals surface area contributed by atoms with Crippen molar-refractivity contribution in [2.24, 2.45) is 0 Å². The average molecular weight is 300 g/mol. The Morgan fingerprint density at radius 3 is 2.89 bits per heavy atom. The molecule has 0 saturated carbocycles. The lowest BCUT2D eigenvalue weighted by atomic mass is 10.2. The first kappa shape index (κ1) is 13.8. The molecule has 0 aliphatic heterocycles. The van der Waals surface area contributed by atoms with Crippen molar-refractivity contribution in [2.75, 3.05) is 0 Å². The molecule has 0 unspecified atom stereocenters. The Morgan fingerprint density at radius 1 is 1.42 bits per heavy atom. The zero-order valence-corrected chi connectivity index (χ0v) is 11.6. The molecule has 6 nitrogen and oxygen atoms in total. The molecule has 100 valence electrons. The normalized spacial score (nSPS) is 10.5. The summed E-state index contributed by atoms with van der Waals surface area (Å²) in [5, 5.41) is 10.7. The van der Waals surface area contributed by atoms with Gasteiger partial charge in [-0.15, -0.1) is 10.2 Å². The average Bonchev–Trinajstić information content (AvgIpc) is 2.83. The lowest BCUT2D eigenvalue weighted by Gasteiger charge is -2.07. The van der Waals surface area contributed by atoms with Crippen LogP contribution in [-0.2, 0) is 13.1 Å². The second-order valence-electron chi connectivity index (χ2n) is 3.69. The summed E-state index contributed by atoms with van der Waals surface area (Å²) in [5.41, 5.74) is 0.272. The van der Waals surface area contributed by atoms with Crippen molar-refractivity contribution in [1.82, 2.24) is 25.1 Å². The fourth-order valence-electron chi connectivity index (χ4n) is 1.52. The molecule has 0 atom stereocenters. The summed E-state index contributed by atoms with van der Waals surface area (Å²) in [6.45, 7) is 2.97. The van der Waals surface area contributed by atoms with E-state index in [2.05, 4.69) is 20.5 Å². The summed E-state index contributed by atoms with van der Waals surface area (Å²) in [4.78, 5) is 15.7. The Morgan fingerprint density at radius 2 is 2.21 bits per heavy atom. The van der Waals surface area contributed by atoms with Crippen LogP contribution in [0.15, 0.2) is 18.5 Å². The predicted molar refractivity (Wildman–Crippen MR) is 71.1 cm³/mol. The van der Waals surface area contributed by atoms with Crippen molar-refractivity contribution in [3.63, 3.8) is 0 Å². The van der Waals surface area contributed by atoms with Crippen LogP contribution < -0.4 is 5.32 Å². The molecule has 1 amide bonds. The first-order chi connectivity index (χ1) is 9.11. The van der Waals surface area contributed by atoms with Gasteiger partial charge < -0.3 is 9.88 Å². The third kappa shape index (κ3) is 3.21. The van der Waals surface area contributed by atoms with E-state index in [0.29, 0.717) is 5.82 Å². The van der Waals surface area contributed by atoms with Crippen LogP contribution in [0.25, 0.3) is 0 Å². The lowest BCUT2D eigenvalue weighted by molar-refractivity contribution is 0.0949. The van der Waals surface area contributed by atoms with Crippen molar-refractivity contribution in [3.05, 3.63) is 40.2 Å². The zero-order chi connectivity index (χ0) is 13.8. The Balaban J connectivity index is 2.05. The van der Waals surface area contributed by atoms with Gasteiger partial charge in [0.15, 0.2) is 5.82 Å². The van der Waals surface area contributed by atoms with E-state index in [1.165, 1.54) is 12.1 Å². The molecule has 0 fully saturated rings. The molecule has 8 heteroatoms. The van der Waals surface area contributed by atoms with Gasteiger partial charge >= 0.3 is 0 Å². The highest BCUT2D eigenvalue weighted by atomic mass is 35.5. The molecule has 0 spiro atoms. The summed E-state index contributed by atoms with van der Waals surface area (Å²) < 4.78 is 1.84.